The first-order valence-corrected chi connectivity index (χ1v) is 11.2. The molecule has 31 heavy (non-hydrogen) atoms. The van der Waals surface area contributed by atoms with Crippen LogP contribution >= 0.6 is 23.6 Å². The molecule has 0 bridgehead atoms. The predicted molar refractivity (Wildman–Crippen MR) is 129 cm³/mol. The number of rotatable bonds is 4. The molecule has 0 fully saturated rings. The largest absolute Gasteiger partial charge is 0.468 e. The minimum atomic E-state index is -0.373. The zero-order valence-electron chi connectivity index (χ0n) is 18.2. The summed E-state index contributed by atoms with van der Waals surface area (Å²) in [5.74, 6) is 1.02. The molecule has 0 unspecified atom stereocenters. The molecular weight excluding hydrogens is 428 g/mol. The Morgan fingerprint density at radius 2 is 1.94 bits per heavy atom. The lowest BCUT2D eigenvalue weighted by Gasteiger charge is -2.26. The fourth-order valence-electron chi connectivity index (χ4n) is 3.29. The highest BCUT2D eigenvalue weighted by Gasteiger charge is 2.18. The summed E-state index contributed by atoms with van der Waals surface area (Å²) in [6.45, 7) is 10.9. The summed E-state index contributed by atoms with van der Waals surface area (Å²) in [4.78, 5) is 13.9. The summed E-state index contributed by atoms with van der Waals surface area (Å²) in [6.07, 6.45) is 6.16. The summed E-state index contributed by atoms with van der Waals surface area (Å²) in [5.41, 5.74) is 3.24. The highest BCUT2D eigenvalue weighted by atomic mass is 32.1. The van der Waals surface area contributed by atoms with Crippen molar-refractivity contribution in [2.45, 2.75) is 27.3 Å². The zero-order chi connectivity index (χ0) is 22.5. The summed E-state index contributed by atoms with van der Waals surface area (Å²) in [5, 5.41) is 0.630. The Kier molecular flexibility index (Phi) is 7.30. The van der Waals surface area contributed by atoms with Gasteiger partial charge in [-0.25, -0.2) is 0 Å². The van der Waals surface area contributed by atoms with Crippen LogP contribution in [0.4, 0.5) is 0 Å². The summed E-state index contributed by atoms with van der Waals surface area (Å²) < 4.78 is 14.1. The van der Waals surface area contributed by atoms with E-state index in [1.807, 2.05) is 31.2 Å². The molecule has 0 radical (unpaired) electrons. The third-order valence-corrected chi connectivity index (χ3v) is 6.40. The van der Waals surface area contributed by atoms with Crippen molar-refractivity contribution in [1.82, 2.24) is 9.47 Å². The number of esters is 1. The number of carbonyl (C=O) groups excluding carboxylic acids is 1. The van der Waals surface area contributed by atoms with Crippen molar-refractivity contribution in [2.75, 3.05) is 13.7 Å². The van der Waals surface area contributed by atoms with E-state index in [4.69, 9.17) is 21.7 Å². The Morgan fingerprint density at radius 1 is 1.23 bits per heavy atom. The molecule has 0 atom stereocenters. The summed E-state index contributed by atoms with van der Waals surface area (Å²) in [7, 11) is 1.36. The maximum atomic E-state index is 11.8. The Labute approximate surface area is 191 Å². The molecule has 1 aliphatic rings. The van der Waals surface area contributed by atoms with E-state index in [1.54, 1.807) is 4.57 Å². The molecule has 2 heterocycles. The number of hydrogen-bond acceptors (Lipinski definition) is 6. The fraction of sp³-hybridized carbons (Fsp3) is 0.250. The molecule has 7 heteroatoms. The SMILES string of the molecule is C=c1/c(=C2\O/C(C)=C/C=C(c3ccccc3)\C=C(/C)N2CC)sc(=S)n1CC(=O)OC. The number of carbonyl (C=O) groups is 1. The van der Waals surface area contributed by atoms with E-state index in [2.05, 4.69) is 49.6 Å². The van der Waals surface area contributed by atoms with Crippen LogP contribution in [0.3, 0.4) is 0 Å². The smallest absolute Gasteiger partial charge is 0.325 e. The van der Waals surface area contributed by atoms with Gasteiger partial charge in [0.2, 0.25) is 5.88 Å². The molecular formula is C24H26N2O3S2. The topological polar surface area (TPSA) is 43.7 Å². The van der Waals surface area contributed by atoms with Gasteiger partial charge in [-0.1, -0.05) is 54.3 Å². The van der Waals surface area contributed by atoms with Gasteiger partial charge in [-0.2, -0.15) is 0 Å². The van der Waals surface area contributed by atoms with Crippen LogP contribution in [0.1, 0.15) is 26.3 Å². The normalized spacial score (nSPS) is 21.3. The highest BCUT2D eigenvalue weighted by molar-refractivity contribution is 7.73. The van der Waals surface area contributed by atoms with Crippen molar-refractivity contribution in [2.24, 2.45) is 0 Å². The maximum absolute atomic E-state index is 11.8. The predicted octanol–water partition coefficient (Wildman–Crippen LogP) is 4.17. The van der Waals surface area contributed by atoms with Gasteiger partial charge in [-0.3, -0.25) is 4.79 Å². The molecule has 0 saturated carbocycles. The van der Waals surface area contributed by atoms with E-state index in [9.17, 15) is 4.79 Å². The lowest BCUT2D eigenvalue weighted by atomic mass is 10.0. The van der Waals surface area contributed by atoms with Gasteiger partial charge in [0.1, 0.15) is 16.8 Å². The summed E-state index contributed by atoms with van der Waals surface area (Å²) in [6, 6.07) is 10.2. The molecule has 0 N–H and O–H groups in total. The monoisotopic (exact) mass is 454 g/mol. The molecule has 1 aliphatic heterocycles. The number of thiazole rings is 1. The van der Waals surface area contributed by atoms with Crippen LogP contribution in [-0.4, -0.2) is 29.1 Å². The number of allylic oxidation sites excluding steroid dienone is 6. The Bertz CT molecular complexity index is 1230. The second-order valence-corrected chi connectivity index (χ2v) is 8.65. The van der Waals surface area contributed by atoms with Crippen LogP contribution < -0.4 is 9.88 Å². The fourth-order valence-corrected chi connectivity index (χ4v) is 4.64. The molecule has 1 aromatic heterocycles. The van der Waals surface area contributed by atoms with Gasteiger partial charge < -0.3 is 18.9 Å². The standard InChI is InChI=1S/C24H26N2O3S2/c1-6-25-16(2)14-20(19-10-8-7-9-11-19)13-12-17(3)29-23(25)22-18(4)26(24(30)31-22)15-21(27)28-5/h7-14H,4,6,15H2,1-3,5H3/b16-14+,17-12+,20-13+,23-22+. The van der Waals surface area contributed by atoms with Crippen LogP contribution in [0.15, 0.2) is 60.0 Å². The Hall–Kier alpha value is -2.90. The number of hydrogen-bond donors (Lipinski definition) is 0. The molecule has 0 saturated heterocycles. The molecule has 3 rings (SSSR count). The second kappa shape index (κ2) is 9.94. The quantitative estimate of drug-likeness (QED) is 0.512. The zero-order valence-corrected chi connectivity index (χ0v) is 19.8. The van der Waals surface area contributed by atoms with Gasteiger partial charge in [0.05, 0.1) is 12.5 Å². The minimum Gasteiger partial charge on any atom is -0.468 e. The van der Waals surface area contributed by atoms with E-state index < -0.39 is 0 Å². The first kappa shape index (κ1) is 22.8. The number of ether oxygens (including phenoxy) is 2. The van der Waals surface area contributed by atoms with Crippen molar-refractivity contribution >= 4 is 47.6 Å². The Balaban J connectivity index is 2.21. The molecule has 5 nitrogen and oxygen atoms in total. The van der Waals surface area contributed by atoms with Gasteiger partial charge in [0.25, 0.3) is 0 Å². The van der Waals surface area contributed by atoms with Gasteiger partial charge in [0.15, 0.2) is 3.95 Å². The average molecular weight is 455 g/mol. The van der Waals surface area contributed by atoms with Crippen molar-refractivity contribution in [3.63, 3.8) is 0 Å². The van der Waals surface area contributed by atoms with E-state index in [-0.39, 0.29) is 12.5 Å². The van der Waals surface area contributed by atoms with Crippen LogP contribution in [0.5, 0.6) is 0 Å². The number of methoxy groups -OCH3 is 1. The Morgan fingerprint density at radius 3 is 2.58 bits per heavy atom. The van der Waals surface area contributed by atoms with Gasteiger partial charge in [0, 0.05) is 12.2 Å². The molecule has 162 valence electrons. The number of aromatic nitrogens is 1. The number of benzene rings is 1. The van der Waals surface area contributed by atoms with Gasteiger partial charge in [-0.15, -0.1) is 0 Å². The average Bonchev–Trinajstić information content (AvgIpc) is 3.07. The molecule has 0 aliphatic carbocycles. The lowest BCUT2D eigenvalue weighted by molar-refractivity contribution is -0.141. The van der Waals surface area contributed by atoms with E-state index in [0.717, 1.165) is 27.1 Å². The second-order valence-electron chi connectivity index (χ2n) is 7.01. The highest BCUT2D eigenvalue weighted by Crippen LogP contribution is 2.25. The van der Waals surface area contributed by atoms with E-state index in [1.165, 1.54) is 18.4 Å². The van der Waals surface area contributed by atoms with Crippen LogP contribution in [0, 0.1) is 3.95 Å². The van der Waals surface area contributed by atoms with Gasteiger partial charge in [-0.05, 0) is 56.3 Å². The van der Waals surface area contributed by atoms with E-state index in [0.29, 0.717) is 21.7 Å². The van der Waals surface area contributed by atoms with Crippen molar-refractivity contribution < 1.29 is 14.3 Å². The van der Waals surface area contributed by atoms with Crippen LogP contribution in [-0.2, 0) is 20.8 Å². The molecule has 1 aromatic carbocycles. The third kappa shape index (κ3) is 5.06. The molecule has 0 amide bonds. The van der Waals surface area contributed by atoms with E-state index >= 15 is 0 Å². The van der Waals surface area contributed by atoms with Crippen molar-refractivity contribution in [3.8, 4) is 0 Å². The van der Waals surface area contributed by atoms with Crippen molar-refractivity contribution in [1.29, 1.82) is 0 Å². The first-order valence-electron chi connectivity index (χ1n) is 9.93. The molecule has 0 spiro atoms. The van der Waals surface area contributed by atoms with Crippen LogP contribution in [0.25, 0.3) is 18.0 Å². The summed E-state index contributed by atoms with van der Waals surface area (Å²) >= 11 is 6.88. The maximum Gasteiger partial charge on any atom is 0.325 e. The van der Waals surface area contributed by atoms with Crippen LogP contribution in [0.2, 0.25) is 0 Å². The van der Waals surface area contributed by atoms with Crippen molar-refractivity contribution in [3.05, 3.63) is 79.4 Å². The molecule has 2 aromatic rings. The lowest BCUT2D eigenvalue weighted by Crippen LogP contribution is -2.36. The minimum absolute atomic E-state index is 0.0213. The number of nitrogens with zero attached hydrogens (tertiary/aromatic N) is 2. The first-order chi connectivity index (χ1) is 14.8. The van der Waals surface area contributed by atoms with Gasteiger partial charge >= 0.3 is 5.97 Å². The third-order valence-electron chi connectivity index (χ3n) is 4.92.